The fourth-order valence-electron chi connectivity index (χ4n) is 2.90. The van der Waals surface area contributed by atoms with Gasteiger partial charge in [0.2, 0.25) is 0 Å². The largest absolute Gasteiger partial charge is 0.492 e. The number of hydrogen-bond acceptors (Lipinski definition) is 4. The number of carbonyl (C=O) groups is 1. The van der Waals surface area contributed by atoms with Crippen LogP contribution in [-0.4, -0.2) is 30.1 Å². The zero-order chi connectivity index (χ0) is 19.9. The van der Waals surface area contributed by atoms with Gasteiger partial charge >= 0.3 is 5.97 Å². The zero-order valence-corrected chi connectivity index (χ0v) is 16.1. The summed E-state index contributed by atoms with van der Waals surface area (Å²) in [6, 6.07) is 7.69. The number of alkyl halides is 1. The molecule has 0 bridgehead atoms. The molecule has 4 nitrogen and oxygen atoms in total. The van der Waals surface area contributed by atoms with E-state index < -0.39 is 5.85 Å². The molecule has 1 aliphatic carbocycles. The molecule has 0 heterocycles. The summed E-state index contributed by atoms with van der Waals surface area (Å²) in [6.45, 7) is 6.20. The molecule has 1 aromatic carbocycles. The summed E-state index contributed by atoms with van der Waals surface area (Å²) in [5, 5.41) is 10.2. The summed E-state index contributed by atoms with van der Waals surface area (Å²) in [7, 11) is 0. The number of hydrogen-bond donors (Lipinski definition) is 1. The molecule has 0 fully saturated rings. The van der Waals surface area contributed by atoms with Crippen LogP contribution >= 0.6 is 0 Å². The molecule has 0 aliphatic heterocycles. The Hall–Kier alpha value is -2.40. The third-order valence-electron chi connectivity index (χ3n) is 4.08. The Bertz CT molecular complexity index is 755. The molecule has 0 saturated heterocycles. The van der Waals surface area contributed by atoms with Gasteiger partial charge in [-0.1, -0.05) is 42.0 Å². The lowest BCUT2D eigenvalue weighted by Gasteiger charge is -2.27. The first kappa shape index (κ1) is 20.9. The average molecular weight is 374 g/mol. The van der Waals surface area contributed by atoms with Crippen molar-refractivity contribution in [3.8, 4) is 0 Å². The molecule has 5 heteroatoms. The van der Waals surface area contributed by atoms with Crippen LogP contribution in [0.1, 0.15) is 51.2 Å². The van der Waals surface area contributed by atoms with Gasteiger partial charge in [-0.15, -0.1) is 0 Å². The van der Waals surface area contributed by atoms with E-state index in [1.165, 1.54) is 6.08 Å². The highest BCUT2D eigenvalue weighted by Crippen LogP contribution is 2.37. The van der Waals surface area contributed by atoms with Gasteiger partial charge in [-0.2, -0.15) is 0 Å². The van der Waals surface area contributed by atoms with E-state index in [2.05, 4.69) is 0 Å². The van der Waals surface area contributed by atoms with Crippen molar-refractivity contribution in [1.29, 1.82) is 0 Å². The van der Waals surface area contributed by atoms with Crippen LogP contribution in [0.3, 0.4) is 0 Å². The van der Waals surface area contributed by atoms with Crippen molar-refractivity contribution in [3.63, 3.8) is 0 Å². The monoisotopic (exact) mass is 374 g/mol. The lowest BCUT2D eigenvalue weighted by atomic mass is 9.90. The molecule has 0 amide bonds. The van der Waals surface area contributed by atoms with Crippen LogP contribution in [-0.2, 0) is 14.3 Å². The second-order valence-corrected chi connectivity index (χ2v) is 6.72. The van der Waals surface area contributed by atoms with Crippen molar-refractivity contribution in [2.24, 2.45) is 0 Å². The standard InChI is InChI=1S/C22H27FO4/c1-4-26-21(24)10-7-13-27-20-12-11-18(15-22(20,23)25)19-9-6-5-8-17(19)14-16(2)3/h5-6,8-9,11-12,14,25H,4,7,10,13,15H2,1-3H3. The van der Waals surface area contributed by atoms with E-state index in [-0.39, 0.29) is 31.2 Å². The molecule has 2 rings (SSSR count). The average Bonchev–Trinajstić information content (AvgIpc) is 2.59. The minimum absolute atomic E-state index is 0.130. The minimum Gasteiger partial charge on any atom is -0.492 e. The quantitative estimate of drug-likeness (QED) is 0.525. The van der Waals surface area contributed by atoms with E-state index in [1.807, 2.05) is 44.2 Å². The maximum Gasteiger partial charge on any atom is 0.305 e. The van der Waals surface area contributed by atoms with Gasteiger partial charge in [-0.3, -0.25) is 4.79 Å². The second-order valence-electron chi connectivity index (χ2n) is 6.72. The molecule has 27 heavy (non-hydrogen) atoms. The molecule has 1 N–H and O–H groups in total. The maximum absolute atomic E-state index is 14.8. The molecule has 0 radical (unpaired) electrons. The maximum atomic E-state index is 14.8. The van der Waals surface area contributed by atoms with E-state index in [0.717, 1.165) is 16.7 Å². The van der Waals surface area contributed by atoms with Crippen molar-refractivity contribution >= 4 is 17.6 Å². The predicted octanol–water partition coefficient (Wildman–Crippen LogP) is 4.80. The molecule has 0 saturated carbocycles. The van der Waals surface area contributed by atoms with E-state index >= 15 is 0 Å². The molecule has 1 unspecified atom stereocenters. The number of ether oxygens (including phenoxy) is 2. The number of halogens is 1. The summed E-state index contributed by atoms with van der Waals surface area (Å²) in [5.41, 5.74) is 3.70. The number of aliphatic hydroxyl groups is 1. The minimum atomic E-state index is -2.58. The lowest BCUT2D eigenvalue weighted by Crippen LogP contribution is -2.29. The Morgan fingerprint density at radius 2 is 2.04 bits per heavy atom. The third kappa shape index (κ3) is 6.07. The summed E-state index contributed by atoms with van der Waals surface area (Å²) < 4.78 is 25.0. The van der Waals surface area contributed by atoms with Gasteiger partial charge in [-0.05, 0) is 50.0 Å². The molecular weight excluding hydrogens is 347 g/mol. The van der Waals surface area contributed by atoms with Crippen LogP contribution in [0.25, 0.3) is 11.6 Å². The molecule has 1 aromatic rings. The van der Waals surface area contributed by atoms with Crippen LogP contribution in [0.2, 0.25) is 0 Å². The van der Waals surface area contributed by atoms with Gasteiger partial charge in [0.1, 0.15) is 0 Å². The molecule has 146 valence electrons. The molecule has 0 spiro atoms. The molecule has 1 aliphatic rings. The highest BCUT2D eigenvalue weighted by atomic mass is 19.2. The smallest absolute Gasteiger partial charge is 0.305 e. The van der Waals surface area contributed by atoms with E-state index in [1.54, 1.807) is 13.0 Å². The SMILES string of the molecule is CCOC(=O)CCCOC1=CC=C(c2ccccc2C=C(C)C)CC1(O)F. The predicted molar refractivity (Wildman–Crippen MR) is 104 cm³/mol. The van der Waals surface area contributed by atoms with Gasteiger partial charge in [-0.25, -0.2) is 4.39 Å². The Morgan fingerprint density at radius 3 is 2.70 bits per heavy atom. The summed E-state index contributed by atoms with van der Waals surface area (Å²) in [6.07, 6.45) is 5.66. The fourth-order valence-corrected chi connectivity index (χ4v) is 2.90. The van der Waals surface area contributed by atoms with Crippen molar-refractivity contribution in [2.45, 2.75) is 45.9 Å². The number of allylic oxidation sites excluding steroid dienone is 3. The van der Waals surface area contributed by atoms with E-state index in [9.17, 15) is 14.3 Å². The van der Waals surface area contributed by atoms with Crippen molar-refractivity contribution in [2.75, 3.05) is 13.2 Å². The fraction of sp³-hybridized carbons (Fsp3) is 0.409. The normalized spacial score (nSPS) is 19.0. The van der Waals surface area contributed by atoms with Crippen LogP contribution in [0.4, 0.5) is 4.39 Å². The van der Waals surface area contributed by atoms with Gasteiger partial charge in [0, 0.05) is 12.8 Å². The summed E-state index contributed by atoms with van der Waals surface area (Å²) in [4.78, 5) is 11.3. The van der Waals surface area contributed by atoms with Crippen LogP contribution in [0.15, 0.2) is 47.7 Å². The number of esters is 1. The molecule has 1 atom stereocenters. The highest BCUT2D eigenvalue weighted by Gasteiger charge is 2.37. The van der Waals surface area contributed by atoms with Crippen LogP contribution < -0.4 is 0 Å². The molecule has 0 aromatic heterocycles. The summed E-state index contributed by atoms with van der Waals surface area (Å²) in [5.74, 6) is -3.02. The Morgan fingerprint density at radius 1 is 1.30 bits per heavy atom. The lowest BCUT2D eigenvalue weighted by molar-refractivity contribution is -0.143. The number of rotatable bonds is 8. The molecular formula is C22H27FO4. The Labute approximate surface area is 160 Å². The second kappa shape index (κ2) is 9.51. The topological polar surface area (TPSA) is 55.8 Å². The summed E-state index contributed by atoms with van der Waals surface area (Å²) >= 11 is 0. The van der Waals surface area contributed by atoms with E-state index in [0.29, 0.717) is 18.6 Å². The van der Waals surface area contributed by atoms with Crippen molar-refractivity contribution in [1.82, 2.24) is 0 Å². The first-order valence-electron chi connectivity index (χ1n) is 9.19. The van der Waals surface area contributed by atoms with E-state index in [4.69, 9.17) is 9.47 Å². The Balaban J connectivity index is 2.09. The Kier molecular flexibility index (Phi) is 7.36. The zero-order valence-electron chi connectivity index (χ0n) is 16.1. The van der Waals surface area contributed by atoms with Crippen molar-refractivity contribution < 1.29 is 23.8 Å². The number of carbonyl (C=O) groups excluding carboxylic acids is 1. The third-order valence-corrected chi connectivity index (χ3v) is 4.08. The van der Waals surface area contributed by atoms with Gasteiger partial charge < -0.3 is 14.6 Å². The van der Waals surface area contributed by atoms with Crippen molar-refractivity contribution in [3.05, 3.63) is 58.9 Å². The van der Waals surface area contributed by atoms with Crippen LogP contribution in [0, 0.1) is 0 Å². The van der Waals surface area contributed by atoms with Gasteiger partial charge in [0.15, 0.2) is 5.76 Å². The first-order valence-corrected chi connectivity index (χ1v) is 9.19. The highest BCUT2D eigenvalue weighted by molar-refractivity contribution is 5.77. The van der Waals surface area contributed by atoms with Gasteiger partial charge in [0.05, 0.1) is 13.2 Å². The number of benzene rings is 1. The first-order chi connectivity index (χ1) is 12.8. The van der Waals surface area contributed by atoms with Gasteiger partial charge in [0.25, 0.3) is 5.85 Å². The van der Waals surface area contributed by atoms with Crippen LogP contribution in [0.5, 0.6) is 0 Å².